The van der Waals surface area contributed by atoms with Crippen molar-refractivity contribution in [2.75, 3.05) is 6.54 Å². The zero-order chi connectivity index (χ0) is 14.7. The number of rotatable bonds is 4. The molecule has 0 saturated heterocycles. The van der Waals surface area contributed by atoms with Crippen molar-refractivity contribution in [3.8, 4) is 0 Å². The molecule has 1 heterocycles. The summed E-state index contributed by atoms with van der Waals surface area (Å²) < 4.78 is 2.25. The van der Waals surface area contributed by atoms with Gasteiger partial charge in [-0.3, -0.25) is 4.68 Å². The van der Waals surface area contributed by atoms with Crippen molar-refractivity contribution in [1.82, 2.24) is 9.78 Å². The Labute approximate surface area is 129 Å². The average molecular weight is 289 g/mol. The second kappa shape index (κ2) is 6.95. The van der Waals surface area contributed by atoms with Gasteiger partial charge < -0.3 is 5.73 Å². The molecule has 2 N–H and O–H groups in total. The summed E-state index contributed by atoms with van der Waals surface area (Å²) in [6.45, 7) is 3.24. The van der Waals surface area contributed by atoms with Crippen molar-refractivity contribution in [3.63, 3.8) is 0 Å². The highest BCUT2D eigenvalue weighted by Gasteiger charge is 2.28. The Hall–Kier alpha value is -0.830. The molecule has 21 heavy (non-hydrogen) atoms. The normalized spacial score (nSPS) is 31.4. The number of nitrogens with zero attached hydrogens (tertiary/aromatic N) is 2. The molecule has 118 valence electrons. The smallest absolute Gasteiger partial charge is 0.0627 e. The Kier molecular flexibility index (Phi) is 4.99. The van der Waals surface area contributed by atoms with Crippen LogP contribution in [0.4, 0.5) is 0 Å². The fraction of sp³-hybridized carbons (Fsp3) is 0.833. The molecule has 2 aliphatic carbocycles. The number of hydrogen-bond donors (Lipinski definition) is 1. The molecule has 1 aromatic rings. The first-order valence-electron chi connectivity index (χ1n) is 9.00. The summed E-state index contributed by atoms with van der Waals surface area (Å²) >= 11 is 0. The van der Waals surface area contributed by atoms with Gasteiger partial charge in [0, 0.05) is 6.20 Å². The van der Waals surface area contributed by atoms with E-state index in [2.05, 4.69) is 23.9 Å². The maximum absolute atomic E-state index is 5.99. The van der Waals surface area contributed by atoms with Gasteiger partial charge in [0.15, 0.2) is 0 Å². The molecular weight excluding hydrogens is 258 g/mol. The monoisotopic (exact) mass is 289 g/mol. The maximum atomic E-state index is 5.99. The molecule has 2 aliphatic rings. The van der Waals surface area contributed by atoms with Gasteiger partial charge in [0.1, 0.15) is 0 Å². The predicted octanol–water partition coefficient (Wildman–Crippen LogP) is 3.94. The van der Waals surface area contributed by atoms with Crippen molar-refractivity contribution >= 4 is 0 Å². The summed E-state index contributed by atoms with van der Waals surface area (Å²) in [5.41, 5.74) is 7.28. The molecule has 3 rings (SSSR count). The quantitative estimate of drug-likeness (QED) is 0.912. The van der Waals surface area contributed by atoms with Crippen LogP contribution in [-0.2, 0) is 6.42 Å². The molecule has 3 unspecified atom stereocenters. The van der Waals surface area contributed by atoms with Crippen LogP contribution >= 0.6 is 0 Å². The zero-order valence-corrected chi connectivity index (χ0v) is 13.5. The molecule has 3 heteroatoms. The van der Waals surface area contributed by atoms with Gasteiger partial charge in [0.25, 0.3) is 0 Å². The molecule has 0 spiro atoms. The molecule has 3 nitrogen and oxygen atoms in total. The topological polar surface area (TPSA) is 43.8 Å². The standard InChI is InChI=1S/C18H31N3/c1-14-7-8-15(13-19)16(11-14)12-17-9-10-21(20-17)18-5-3-2-4-6-18/h9-10,14-16,18H,2-8,11-13,19H2,1H3. The Morgan fingerprint density at radius 3 is 2.71 bits per heavy atom. The van der Waals surface area contributed by atoms with Crippen LogP contribution in [0.2, 0.25) is 0 Å². The Morgan fingerprint density at radius 2 is 1.95 bits per heavy atom. The lowest BCUT2D eigenvalue weighted by Crippen LogP contribution is -2.31. The highest BCUT2D eigenvalue weighted by molar-refractivity contribution is 5.03. The number of aromatic nitrogens is 2. The average Bonchev–Trinajstić information content (AvgIpc) is 2.97. The van der Waals surface area contributed by atoms with Crippen molar-refractivity contribution in [2.24, 2.45) is 23.5 Å². The fourth-order valence-corrected chi connectivity index (χ4v) is 4.43. The Balaban J connectivity index is 1.62. The second-order valence-electron chi connectivity index (χ2n) is 7.46. The SMILES string of the molecule is CC1CCC(CN)C(Cc2ccn(C3CCCCC3)n2)C1. The lowest BCUT2D eigenvalue weighted by Gasteiger charge is -2.34. The molecule has 2 saturated carbocycles. The van der Waals surface area contributed by atoms with E-state index in [1.807, 2.05) is 0 Å². The molecule has 1 aromatic heterocycles. The maximum Gasteiger partial charge on any atom is 0.0627 e. The first-order valence-corrected chi connectivity index (χ1v) is 9.00. The Morgan fingerprint density at radius 1 is 1.14 bits per heavy atom. The largest absolute Gasteiger partial charge is 0.330 e. The third-order valence-electron chi connectivity index (χ3n) is 5.79. The van der Waals surface area contributed by atoms with Crippen LogP contribution in [0.25, 0.3) is 0 Å². The minimum absolute atomic E-state index is 0.656. The minimum Gasteiger partial charge on any atom is -0.330 e. The second-order valence-corrected chi connectivity index (χ2v) is 7.46. The summed E-state index contributed by atoms with van der Waals surface area (Å²) in [5, 5.41) is 4.90. The molecule has 0 amide bonds. The summed E-state index contributed by atoms with van der Waals surface area (Å²) in [5.74, 6) is 2.31. The van der Waals surface area contributed by atoms with Crippen molar-refractivity contribution in [1.29, 1.82) is 0 Å². The van der Waals surface area contributed by atoms with Gasteiger partial charge in [0.05, 0.1) is 11.7 Å². The van der Waals surface area contributed by atoms with E-state index >= 15 is 0 Å². The molecule has 0 radical (unpaired) electrons. The third-order valence-corrected chi connectivity index (χ3v) is 5.79. The van der Waals surface area contributed by atoms with E-state index < -0.39 is 0 Å². The lowest BCUT2D eigenvalue weighted by atomic mass is 9.73. The number of hydrogen-bond acceptors (Lipinski definition) is 2. The zero-order valence-electron chi connectivity index (χ0n) is 13.5. The van der Waals surface area contributed by atoms with E-state index in [1.54, 1.807) is 0 Å². The van der Waals surface area contributed by atoms with Gasteiger partial charge in [0.2, 0.25) is 0 Å². The summed E-state index contributed by atoms with van der Waals surface area (Å²) in [4.78, 5) is 0. The van der Waals surface area contributed by atoms with E-state index in [-0.39, 0.29) is 0 Å². The molecule has 2 fully saturated rings. The van der Waals surface area contributed by atoms with E-state index in [0.29, 0.717) is 12.0 Å². The van der Waals surface area contributed by atoms with Crippen molar-refractivity contribution in [3.05, 3.63) is 18.0 Å². The molecule has 3 atom stereocenters. The molecule has 0 bridgehead atoms. The van der Waals surface area contributed by atoms with Crippen molar-refractivity contribution in [2.45, 2.75) is 70.8 Å². The van der Waals surface area contributed by atoms with Gasteiger partial charge in [-0.2, -0.15) is 5.10 Å². The summed E-state index contributed by atoms with van der Waals surface area (Å²) in [6.07, 6.45) is 14.1. The predicted molar refractivity (Wildman–Crippen MR) is 87.1 cm³/mol. The van der Waals surface area contributed by atoms with Gasteiger partial charge in [-0.15, -0.1) is 0 Å². The first kappa shape index (κ1) is 15.1. The van der Waals surface area contributed by atoms with Gasteiger partial charge in [-0.25, -0.2) is 0 Å². The van der Waals surface area contributed by atoms with Crippen LogP contribution < -0.4 is 5.73 Å². The van der Waals surface area contributed by atoms with Gasteiger partial charge >= 0.3 is 0 Å². The van der Waals surface area contributed by atoms with E-state index in [0.717, 1.165) is 24.8 Å². The first-order chi connectivity index (χ1) is 10.3. The summed E-state index contributed by atoms with van der Waals surface area (Å²) in [7, 11) is 0. The summed E-state index contributed by atoms with van der Waals surface area (Å²) in [6, 6.07) is 2.91. The van der Waals surface area contributed by atoms with Gasteiger partial charge in [-0.1, -0.05) is 32.6 Å². The van der Waals surface area contributed by atoms with Crippen LogP contribution in [0.15, 0.2) is 12.3 Å². The minimum atomic E-state index is 0.656. The fourth-order valence-electron chi connectivity index (χ4n) is 4.43. The Bertz CT molecular complexity index is 433. The molecule has 0 aliphatic heterocycles. The molecule has 0 aromatic carbocycles. The van der Waals surface area contributed by atoms with E-state index in [1.165, 1.54) is 57.1 Å². The van der Waals surface area contributed by atoms with Crippen LogP contribution in [0.1, 0.15) is 70.0 Å². The highest BCUT2D eigenvalue weighted by Crippen LogP contribution is 2.35. The van der Waals surface area contributed by atoms with Crippen LogP contribution in [0, 0.1) is 17.8 Å². The van der Waals surface area contributed by atoms with E-state index in [4.69, 9.17) is 10.8 Å². The van der Waals surface area contributed by atoms with Crippen LogP contribution in [-0.4, -0.2) is 16.3 Å². The van der Waals surface area contributed by atoms with E-state index in [9.17, 15) is 0 Å². The van der Waals surface area contributed by atoms with Crippen molar-refractivity contribution < 1.29 is 0 Å². The highest BCUT2D eigenvalue weighted by atomic mass is 15.3. The van der Waals surface area contributed by atoms with Crippen LogP contribution in [0.5, 0.6) is 0 Å². The van der Waals surface area contributed by atoms with Crippen LogP contribution in [0.3, 0.4) is 0 Å². The lowest BCUT2D eigenvalue weighted by molar-refractivity contribution is 0.191. The number of nitrogens with two attached hydrogens (primary N) is 1. The third kappa shape index (κ3) is 3.68. The van der Waals surface area contributed by atoms with Gasteiger partial charge in [-0.05, 0) is 62.5 Å². The molecular formula is C18H31N3.